The lowest BCUT2D eigenvalue weighted by molar-refractivity contribution is -0.134. The van der Waals surface area contributed by atoms with Crippen LogP contribution in [0.15, 0.2) is 48.2 Å². The normalized spacial score (nSPS) is 22.4. The van der Waals surface area contributed by atoms with Crippen LogP contribution in [0.4, 0.5) is 19.3 Å². The molecule has 0 unspecified atom stereocenters. The van der Waals surface area contributed by atoms with Gasteiger partial charge in [0.25, 0.3) is 5.91 Å². The number of likely N-dealkylation sites (tertiary alicyclic amines) is 1. The minimum atomic E-state index is -1.43. The number of fused-ring (bicyclic) bond motifs is 2. The zero-order chi connectivity index (χ0) is 27.8. The van der Waals surface area contributed by atoms with Crippen LogP contribution in [0.2, 0.25) is 5.02 Å². The molecule has 2 aromatic rings. The molecule has 8 nitrogen and oxygen atoms in total. The Morgan fingerprint density at radius 3 is 2.69 bits per heavy atom. The molecule has 1 aliphatic carbocycles. The maximum Gasteiger partial charge on any atom is 0.412 e. The number of carbonyl (C=O) groups is 2. The van der Waals surface area contributed by atoms with E-state index < -0.39 is 34.8 Å². The van der Waals surface area contributed by atoms with Crippen LogP contribution in [0.3, 0.4) is 0 Å². The van der Waals surface area contributed by atoms with Crippen molar-refractivity contribution in [1.82, 2.24) is 10.2 Å². The summed E-state index contributed by atoms with van der Waals surface area (Å²) in [6.45, 7) is -0.128. The third-order valence-electron chi connectivity index (χ3n) is 7.72. The molecule has 11 heteroatoms. The predicted molar refractivity (Wildman–Crippen MR) is 142 cm³/mol. The first kappa shape index (κ1) is 27.1. The number of piperidine rings is 1. The molecular formula is C28H29ClF2N4O4. The number of nitrogens with one attached hydrogen (secondary N) is 3. The topological polar surface area (TPSA) is 115 Å². The molecule has 2 fully saturated rings. The molecule has 0 aromatic heterocycles. The molecule has 3 aliphatic rings. The number of benzene rings is 2. The van der Waals surface area contributed by atoms with Gasteiger partial charge in [-0.25, -0.2) is 13.6 Å². The lowest BCUT2D eigenvalue weighted by Gasteiger charge is -2.45. The molecule has 206 valence electrons. The first-order valence-electron chi connectivity index (χ1n) is 12.8. The van der Waals surface area contributed by atoms with Crippen molar-refractivity contribution in [3.8, 4) is 0 Å². The second-order valence-corrected chi connectivity index (χ2v) is 10.8. The number of anilines is 1. The quantitative estimate of drug-likeness (QED) is 0.274. The number of hydrogen-bond donors (Lipinski definition) is 4. The fourth-order valence-corrected chi connectivity index (χ4v) is 5.71. The Kier molecular flexibility index (Phi) is 7.35. The largest absolute Gasteiger partial charge is 0.436 e. The summed E-state index contributed by atoms with van der Waals surface area (Å²) in [5, 5.41) is 23.9. The number of carbonyl (C=O) groups excluding carboxylic acids is 2. The van der Waals surface area contributed by atoms with Crippen molar-refractivity contribution < 1.29 is 28.2 Å². The minimum Gasteiger partial charge on any atom is -0.436 e. The summed E-state index contributed by atoms with van der Waals surface area (Å²) >= 11 is 6.04. The van der Waals surface area contributed by atoms with Gasteiger partial charge in [0.1, 0.15) is 5.82 Å². The molecule has 0 bridgehead atoms. The standard InChI is InChI=1S/C28H29ClF2N4O4/c29-21-8-9-22-23(24(21)31)28(39-26(38)34-22)10-1-11-35(15-28)25(37)18(13-32)14-33-27(16-36,12-17-2-3-17)19-4-6-20(30)7-5-19/h4-9,13-14,17,32-33,36H,1-3,10-12,15-16H2,(H,34,38)/b18-14+,32-13?/t27-,28-/m0/s1. The zero-order valence-electron chi connectivity index (χ0n) is 21.1. The summed E-state index contributed by atoms with van der Waals surface area (Å²) in [5.41, 5.74) is -1.43. The van der Waals surface area contributed by atoms with Gasteiger partial charge in [0, 0.05) is 19.0 Å². The first-order valence-corrected chi connectivity index (χ1v) is 13.2. The van der Waals surface area contributed by atoms with Crippen molar-refractivity contribution in [2.24, 2.45) is 5.92 Å². The molecule has 0 radical (unpaired) electrons. The highest BCUT2D eigenvalue weighted by Crippen LogP contribution is 2.45. The summed E-state index contributed by atoms with van der Waals surface area (Å²) in [6.07, 6.45) is 4.83. The highest BCUT2D eigenvalue weighted by Gasteiger charge is 2.49. The van der Waals surface area contributed by atoms with Gasteiger partial charge in [-0.15, -0.1) is 0 Å². The molecule has 39 heavy (non-hydrogen) atoms. The first-order chi connectivity index (χ1) is 18.7. The van der Waals surface area contributed by atoms with E-state index in [-0.39, 0.29) is 41.4 Å². The van der Waals surface area contributed by atoms with Crippen molar-refractivity contribution in [3.05, 3.63) is 76.0 Å². The van der Waals surface area contributed by atoms with Crippen molar-refractivity contribution in [2.75, 3.05) is 25.0 Å². The van der Waals surface area contributed by atoms with Crippen molar-refractivity contribution >= 4 is 35.5 Å². The number of aliphatic hydroxyl groups is 1. The number of nitrogens with zero attached hydrogens (tertiary/aromatic N) is 1. The average molecular weight is 559 g/mol. The number of ether oxygens (including phenoxy) is 1. The van der Waals surface area contributed by atoms with E-state index in [1.165, 1.54) is 35.4 Å². The number of halogens is 3. The third kappa shape index (κ3) is 5.23. The molecule has 5 rings (SSSR count). The number of hydrogen-bond acceptors (Lipinski definition) is 6. The SMILES string of the molecule is N=C/C(=C\N[C@](CO)(CC1CC1)c1ccc(F)cc1)C(=O)N1CCC[C@@]2(C1)OC(=O)Nc1ccc(Cl)c(F)c12. The Bertz CT molecular complexity index is 1330. The summed E-state index contributed by atoms with van der Waals surface area (Å²) in [6, 6.07) is 8.67. The fraction of sp³-hybridized carbons (Fsp3) is 0.393. The second kappa shape index (κ2) is 10.6. The monoisotopic (exact) mass is 558 g/mol. The molecule has 2 amide bonds. The number of aliphatic hydroxyl groups excluding tert-OH is 1. The van der Waals surface area contributed by atoms with E-state index in [2.05, 4.69) is 10.6 Å². The Balaban J connectivity index is 1.43. The Morgan fingerprint density at radius 1 is 1.28 bits per heavy atom. The van der Waals surface area contributed by atoms with Gasteiger partial charge in [0.05, 0.1) is 40.5 Å². The van der Waals surface area contributed by atoms with Gasteiger partial charge in [-0.3, -0.25) is 10.1 Å². The maximum absolute atomic E-state index is 15.2. The van der Waals surface area contributed by atoms with Gasteiger partial charge < -0.3 is 25.5 Å². The third-order valence-corrected chi connectivity index (χ3v) is 8.02. The van der Waals surface area contributed by atoms with Crippen LogP contribution >= 0.6 is 11.6 Å². The fourth-order valence-electron chi connectivity index (χ4n) is 5.56. The molecule has 2 heterocycles. The average Bonchev–Trinajstić information content (AvgIpc) is 3.74. The van der Waals surface area contributed by atoms with E-state index in [4.69, 9.17) is 21.7 Å². The van der Waals surface area contributed by atoms with Gasteiger partial charge in [-0.05, 0) is 55.0 Å². The van der Waals surface area contributed by atoms with E-state index in [1.54, 1.807) is 12.1 Å². The highest BCUT2D eigenvalue weighted by molar-refractivity contribution is 6.31. The smallest absolute Gasteiger partial charge is 0.412 e. The van der Waals surface area contributed by atoms with Gasteiger partial charge in [-0.1, -0.05) is 36.6 Å². The van der Waals surface area contributed by atoms with E-state index >= 15 is 4.39 Å². The lowest BCUT2D eigenvalue weighted by atomic mass is 9.83. The van der Waals surface area contributed by atoms with Crippen molar-refractivity contribution in [3.63, 3.8) is 0 Å². The Hall–Kier alpha value is -3.50. The van der Waals surface area contributed by atoms with E-state index in [1.807, 2.05) is 0 Å². The van der Waals surface area contributed by atoms with Crippen LogP contribution in [-0.4, -0.2) is 47.9 Å². The zero-order valence-corrected chi connectivity index (χ0v) is 21.9. The molecule has 4 N–H and O–H groups in total. The van der Waals surface area contributed by atoms with Crippen LogP contribution in [0.25, 0.3) is 0 Å². The molecule has 2 atom stereocenters. The summed E-state index contributed by atoms with van der Waals surface area (Å²) in [5.74, 6) is -1.27. The molecular weight excluding hydrogens is 530 g/mol. The Morgan fingerprint density at radius 2 is 2.03 bits per heavy atom. The molecule has 2 aliphatic heterocycles. The summed E-state index contributed by atoms with van der Waals surface area (Å²) in [7, 11) is 0. The van der Waals surface area contributed by atoms with Gasteiger partial charge in [0.15, 0.2) is 11.4 Å². The van der Waals surface area contributed by atoms with E-state index in [0.29, 0.717) is 30.9 Å². The lowest BCUT2D eigenvalue weighted by Crippen LogP contribution is -2.54. The summed E-state index contributed by atoms with van der Waals surface area (Å²) in [4.78, 5) is 27.4. The van der Waals surface area contributed by atoms with Gasteiger partial charge in [-0.2, -0.15) is 0 Å². The van der Waals surface area contributed by atoms with Crippen LogP contribution < -0.4 is 10.6 Å². The molecule has 1 spiro atoms. The van der Waals surface area contributed by atoms with E-state index in [0.717, 1.165) is 19.1 Å². The molecule has 1 saturated carbocycles. The predicted octanol–water partition coefficient (Wildman–Crippen LogP) is 4.81. The molecule has 1 saturated heterocycles. The van der Waals surface area contributed by atoms with Crippen LogP contribution in [0.5, 0.6) is 0 Å². The van der Waals surface area contributed by atoms with E-state index in [9.17, 15) is 19.1 Å². The van der Waals surface area contributed by atoms with Crippen LogP contribution in [0.1, 0.15) is 43.2 Å². The number of rotatable bonds is 8. The van der Waals surface area contributed by atoms with Gasteiger partial charge in [0.2, 0.25) is 0 Å². The van der Waals surface area contributed by atoms with Crippen LogP contribution in [0, 0.1) is 23.0 Å². The Labute approximate surface area is 229 Å². The number of amides is 2. The van der Waals surface area contributed by atoms with Gasteiger partial charge >= 0.3 is 6.09 Å². The van der Waals surface area contributed by atoms with Crippen molar-refractivity contribution in [2.45, 2.75) is 43.2 Å². The summed E-state index contributed by atoms with van der Waals surface area (Å²) < 4.78 is 34.4. The van der Waals surface area contributed by atoms with Crippen molar-refractivity contribution in [1.29, 1.82) is 5.41 Å². The highest BCUT2D eigenvalue weighted by atomic mass is 35.5. The molecule has 2 aromatic carbocycles. The maximum atomic E-state index is 15.2. The van der Waals surface area contributed by atoms with Crippen LogP contribution in [-0.2, 0) is 20.7 Å². The minimum absolute atomic E-state index is 0.00478. The second-order valence-electron chi connectivity index (χ2n) is 10.4.